The summed E-state index contributed by atoms with van der Waals surface area (Å²) in [6.07, 6.45) is 2.63. The van der Waals surface area contributed by atoms with Crippen molar-refractivity contribution >= 4 is 33.7 Å². The van der Waals surface area contributed by atoms with Crippen LogP contribution in [0.25, 0.3) is 0 Å². The average Bonchev–Trinajstić information content (AvgIpc) is 2.94. The fourth-order valence-corrected chi connectivity index (χ4v) is 4.50. The van der Waals surface area contributed by atoms with Gasteiger partial charge in [-0.15, -0.1) is 0 Å². The smallest absolute Gasteiger partial charge is 0.302 e. The van der Waals surface area contributed by atoms with Gasteiger partial charge in [-0.25, -0.2) is 13.1 Å². The van der Waals surface area contributed by atoms with Crippen molar-refractivity contribution in [3.8, 4) is 0 Å². The predicted octanol–water partition coefficient (Wildman–Crippen LogP) is 1.78. The van der Waals surface area contributed by atoms with Crippen LogP contribution in [0.4, 0.5) is 0 Å². The number of sulfonamides is 1. The molecule has 1 aromatic heterocycles. The average molecular weight is 567 g/mol. The lowest BCUT2D eigenvalue weighted by Crippen LogP contribution is -2.31. The summed E-state index contributed by atoms with van der Waals surface area (Å²) in [6, 6.07) is 18.3. The van der Waals surface area contributed by atoms with Gasteiger partial charge in [-0.3, -0.25) is 24.2 Å². The topological polar surface area (TPSA) is 161 Å². The van der Waals surface area contributed by atoms with Crippen molar-refractivity contribution in [2.75, 3.05) is 19.7 Å². The SMILES string of the molecule is CC(=O)OCCNC(=O)c1ccc(C(=O)NS(=O)(=O)c2ccc(CCNC(=O)CCc3ccccc3)cc2)cn1. The summed E-state index contributed by atoms with van der Waals surface area (Å²) in [5.74, 6) is -1.98. The summed E-state index contributed by atoms with van der Waals surface area (Å²) < 4.78 is 32.1. The lowest BCUT2D eigenvalue weighted by atomic mass is 10.1. The van der Waals surface area contributed by atoms with Gasteiger partial charge in [0.15, 0.2) is 0 Å². The Morgan fingerprint density at radius 2 is 1.50 bits per heavy atom. The van der Waals surface area contributed by atoms with E-state index in [9.17, 15) is 27.6 Å². The van der Waals surface area contributed by atoms with Crippen molar-refractivity contribution in [2.45, 2.75) is 31.1 Å². The first-order valence-corrected chi connectivity index (χ1v) is 14.0. The van der Waals surface area contributed by atoms with Crippen molar-refractivity contribution in [3.63, 3.8) is 0 Å². The van der Waals surface area contributed by atoms with Crippen LogP contribution in [0.3, 0.4) is 0 Å². The number of pyridine rings is 1. The maximum atomic E-state index is 12.7. The third-order valence-corrected chi connectivity index (χ3v) is 6.98. The number of carbonyl (C=O) groups is 4. The van der Waals surface area contributed by atoms with E-state index in [0.29, 0.717) is 25.8 Å². The highest BCUT2D eigenvalue weighted by molar-refractivity contribution is 7.90. The molecule has 3 amide bonds. The number of carbonyl (C=O) groups excluding carboxylic acids is 4. The van der Waals surface area contributed by atoms with Crippen molar-refractivity contribution in [1.29, 1.82) is 0 Å². The van der Waals surface area contributed by atoms with Gasteiger partial charge in [-0.05, 0) is 48.2 Å². The standard InChI is InChI=1S/C28H30N4O7S/c1-20(33)39-18-17-30-28(36)25-13-10-23(19-31-25)27(35)32-40(37,38)24-11-7-22(8-12-24)15-16-29-26(34)14-9-21-5-3-2-4-6-21/h2-8,10-13,19H,9,14-18H2,1H3,(H,29,34)(H,30,36)(H,32,35). The Morgan fingerprint density at radius 3 is 2.15 bits per heavy atom. The minimum atomic E-state index is -4.16. The van der Waals surface area contributed by atoms with Gasteiger partial charge in [0, 0.05) is 26.1 Å². The minimum absolute atomic E-state index is 0.00482. The molecule has 0 aliphatic heterocycles. The second-order valence-electron chi connectivity index (χ2n) is 8.69. The third kappa shape index (κ3) is 9.62. The molecule has 0 atom stereocenters. The van der Waals surface area contributed by atoms with Gasteiger partial charge in [-0.2, -0.15) is 0 Å². The molecule has 1 heterocycles. The second-order valence-corrected chi connectivity index (χ2v) is 10.4. The predicted molar refractivity (Wildman–Crippen MR) is 146 cm³/mol. The molecule has 3 N–H and O–H groups in total. The number of esters is 1. The third-order valence-electron chi connectivity index (χ3n) is 5.63. The zero-order valence-corrected chi connectivity index (χ0v) is 22.7. The van der Waals surface area contributed by atoms with Crippen LogP contribution in [-0.4, -0.2) is 56.8 Å². The van der Waals surface area contributed by atoms with Crippen LogP contribution in [0.1, 0.15) is 45.3 Å². The summed E-state index contributed by atoms with van der Waals surface area (Å²) in [4.78, 5) is 51.1. The molecule has 0 fully saturated rings. The van der Waals surface area contributed by atoms with E-state index in [1.54, 1.807) is 12.1 Å². The quantitative estimate of drug-likeness (QED) is 0.208. The first-order chi connectivity index (χ1) is 19.1. The molecule has 0 spiro atoms. The van der Waals surface area contributed by atoms with Gasteiger partial charge < -0.3 is 15.4 Å². The number of aromatic nitrogens is 1. The first-order valence-electron chi connectivity index (χ1n) is 12.5. The van der Waals surface area contributed by atoms with Crippen molar-refractivity contribution in [2.24, 2.45) is 0 Å². The highest BCUT2D eigenvalue weighted by Gasteiger charge is 2.19. The number of nitrogens with one attached hydrogen (secondary N) is 3. The molecule has 0 saturated heterocycles. The number of hydrogen-bond acceptors (Lipinski definition) is 8. The Balaban J connectivity index is 1.45. The Hall–Kier alpha value is -4.58. The molecule has 12 heteroatoms. The number of amides is 3. The van der Waals surface area contributed by atoms with E-state index >= 15 is 0 Å². The molecule has 0 bridgehead atoms. The molecule has 210 valence electrons. The highest BCUT2D eigenvalue weighted by atomic mass is 32.2. The van der Waals surface area contributed by atoms with Gasteiger partial charge in [0.2, 0.25) is 5.91 Å². The molecule has 3 aromatic rings. The number of benzene rings is 2. The Morgan fingerprint density at radius 1 is 0.800 bits per heavy atom. The van der Waals surface area contributed by atoms with E-state index in [4.69, 9.17) is 4.74 Å². The number of nitrogens with zero attached hydrogens (tertiary/aromatic N) is 1. The van der Waals surface area contributed by atoms with Gasteiger partial charge in [-0.1, -0.05) is 42.5 Å². The number of ether oxygens (including phenoxy) is 1. The molecule has 0 unspecified atom stereocenters. The fraction of sp³-hybridized carbons (Fsp3) is 0.250. The zero-order chi connectivity index (χ0) is 29.0. The van der Waals surface area contributed by atoms with E-state index < -0.39 is 27.8 Å². The van der Waals surface area contributed by atoms with Gasteiger partial charge in [0.1, 0.15) is 12.3 Å². The molecule has 0 aliphatic carbocycles. The van der Waals surface area contributed by atoms with Crippen LogP contribution < -0.4 is 15.4 Å². The van der Waals surface area contributed by atoms with E-state index in [2.05, 4.69) is 15.6 Å². The van der Waals surface area contributed by atoms with Crippen LogP contribution in [0.2, 0.25) is 0 Å². The normalized spacial score (nSPS) is 10.8. The summed E-state index contributed by atoms with van der Waals surface area (Å²) in [7, 11) is -4.16. The molecule has 40 heavy (non-hydrogen) atoms. The van der Waals surface area contributed by atoms with Crippen molar-refractivity contribution < 1.29 is 32.3 Å². The van der Waals surface area contributed by atoms with Crippen LogP contribution in [-0.2, 0) is 37.2 Å². The highest BCUT2D eigenvalue weighted by Crippen LogP contribution is 2.12. The summed E-state index contributed by atoms with van der Waals surface area (Å²) in [5.41, 5.74) is 1.86. The minimum Gasteiger partial charge on any atom is -0.464 e. The maximum absolute atomic E-state index is 12.7. The summed E-state index contributed by atoms with van der Waals surface area (Å²) in [5, 5.41) is 5.36. The van der Waals surface area contributed by atoms with Crippen LogP contribution >= 0.6 is 0 Å². The van der Waals surface area contributed by atoms with Gasteiger partial charge in [0.25, 0.3) is 21.8 Å². The van der Waals surface area contributed by atoms with E-state index in [1.807, 2.05) is 35.1 Å². The zero-order valence-electron chi connectivity index (χ0n) is 21.9. The van der Waals surface area contributed by atoms with Crippen molar-refractivity contribution in [1.82, 2.24) is 20.3 Å². The molecule has 0 aliphatic rings. The fourth-order valence-electron chi connectivity index (χ4n) is 3.52. The van der Waals surface area contributed by atoms with Crippen LogP contribution in [0.15, 0.2) is 77.8 Å². The van der Waals surface area contributed by atoms with Crippen LogP contribution in [0.5, 0.6) is 0 Å². The molecular formula is C28H30N4O7S. The van der Waals surface area contributed by atoms with Crippen molar-refractivity contribution in [3.05, 3.63) is 95.3 Å². The van der Waals surface area contributed by atoms with E-state index in [-0.39, 0.29) is 35.2 Å². The molecule has 0 radical (unpaired) electrons. The van der Waals surface area contributed by atoms with Crippen LogP contribution in [0, 0.1) is 0 Å². The summed E-state index contributed by atoms with van der Waals surface area (Å²) >= 11 is 0. The van der Waals surface area contributed by atoms with Gasteiger partial charge in [0.05, 0.1) is 17.0 Å². The largest absolute Gasteiger partial charge is 0.464 e. The van der Waals surface area contributed by atoms with E-state index in [1.165, 1.54) is 31.2 Å². The lowest BCUT2D eigenvalue weighted by Gasteiger charge is -2.09. The Labute approximate surface area is 232 Å². The Bertz CT molecular complexity index is 1430. The number of aryl methyl sites for hydroxylation is 1. The number of hydrogen-bond donors (Lipinski definition) is 3. The molecule has 3 rings (SSSR count). The van der Waals surface area contributed by atoms with Gasteiger partial charge >= 0.3 is 5.97 Å². The summed E-state index contributed by atoms with van der Waals surface area (Å²) in [6.45, 7) is 1.75. The second kappa shape index (κ2) is 14.5. The molecular weight excluding hydrogens is 536 g/mol. The monoisotopic (exact) mass is 566 g/mol. The first kappa shape index (κ1) is 30.0. The molecule has 2 aromatic carbocycles. The Kier molecular flexibility index (Phi) is 10.9. The number of rotatable bonds is 13. The molecule has 0 saturated carbocycles. The molecule has 11 nitrogen and oxygen atoms in total. The lowest BCUT2D eigenvalue weighted by molar-refractivity contribution is -0.140. The van der Waals surface area contributed by atoms with E-state index in [0.717, 1.165) is 17.3 Å². The maximum Gasteiger partial charge on any atom is 0.302 e.